The second kappa shape index (κ2) is 7.65. The van der Waals surface area contributed by atoms with Gasteiger partial charge in [-0.15, -0.1) is 0 Å². The number of amides is 1. The van der Waals surface area contributed by atoms with Gasteiger partial charge in [0.05, 0.1) is 18.0 Å². The van der Waals surface area contributed by atoms with Gasteiger partial charge in [-0.05, 0) is 73.4 Å². The third kappa shape index (κ3) is 3.53. The van der Waals surface area contributed by atoms with Crippen LogP contribution in [0.5, 0.6) is 5.75 Å². The molecule has 3 N–H and O–H groups in total. The van der Waals surface area contributed by atoms with E-state index in [1.165, 1.54) is 6.07 Å². The van der Waals surface area contributed by atoms with Crippen molar-refractivity contribution in [3.8, 4) is 5.75 Å². The number of hydrogen-bond acceptors (Lipinski definition) is 5. The Kier molecular flexibility index (Phi) is 5.01. The van der Waals surface area contributed by atoms with Gasteiger partial charge >= 0.3 is 0 Å². The number of benzene rings is 3. The third-order valence-electron chi connectivity index (χ3n) is 5.05. The largest absolute Gasteiger partial charge is 0.506 e. The molecule has 1 amide bonds. The quantitative estimate of drug-likeness (QED) is 0.449. The van der Waals surface area contributed by atoms with E-state index in [2.05, 4.69) is 16.6 Å². The van der Waals surface area contributed by atoms with Crippen LogP contribution in [0.3, 0.4) is 0 Å². The lowest BCUT2D eigenvalue weighted by Gasteiger charge is -2.18. The lowest BCUT2D eigenvalue weighted by atomic mass is 10.1. The van der Waals surface area contributed by atoms with E-state index in [0.717, 1.165) is 33.6 Å². The van der Waals surface area contributed by atoms with Crippen molar-refractivity contribution in [2.24, 2.45) is 5.10 Å². The van der Waals surface area contributed by atoms with Gasteiger partial charge in [-0.1, -0.05) is 24.3 Å². The molecule has 0 spiro atoms. The number of phenolic OH excluding ortho intramolecular Hbond substituents is 1. The van der Waals surface area contributed by atoms with Crippen molar-refractivity contribution in [2.75, 3.05) is 10.3 Å². The van der Waals surface area contributed by atoms with Gasteiger partial charge in [0.1, 0.15) is 5.75 Å². The Hall–Kier alpha value is -3.64. The van der Waals surface area contributed by atoms with Crippen LogP contribution >= 0.6 is 0 Å². The summed E-state index contributed by atoms with van der Waals surface area (Å²) in [7, 11) is 0. The molecule has 6 heteroatoms. The van der Waals surface area contributed by atoms with E-state index >= 15 is 0 Å². The van der Waals surface area contributed by atoms with E-state index in [4.69, 9.17) is 0 Å². The van der Waals surface area contributed by atoms with Gasteiger partial charge in [0.15, 0.2) is 5.71 Å². The van der Waals surface area contributed by atoms with Gasteiger partial charge in [0, 0.05) is 11.3 Å². The van der Waals surface area contributed by atoms with Gasteiger partial charge < -0.3 is 10.2 Å². The number of aliphatic hydroxyl groups excluding tert-OH is 1. The molecule has 30 heavy (non-hydrogen) atoms. The average molecular weight is 401 g/mol. The normalized spacial score (nSPS) is 14.3. The number of carbonyl (C=O) groups excluding carboxylic acids is 1. The molecule has 1 aliphatic heterocycles. The minimum absolute atomic E-state index is 0.0494. The number of fused-ring (bicyclic) bond motifs is 1. The zero-order valence-electron chi connectivity index (χ0n) is 17.1. The Morgan fingerprint density at radius 2 is 1.67 bits per heavy atom. The highest BCUT2D eigenvalue weighted by atomic mass is 16.3. The lowest BCUT2D eigenvalue weighted by molar-refractivity contribution is -0.111. The maximum Gasteiger partial charge on any atom is 0.283 e. The Morgan fingerprint density at radius 3 is 2.33 bits per heavy atom. The number of anilines is 3. The zero-order chi connectivity index (χ0) is 21.4. The SMILES string of the molecule is Cc1cc(C)cc(N2C(=O)/C(=N\Nc3ccc(CO)cc3O)c3ccc(C)cc32)c1. The van der Waals surface area contributed by atoms with Crippen molar-refractivity contribution in [3.05, 3.63) is 82.4 Å². The van der Waals surface area contributed by atoms with Crippen molar-refractivity contribution in [1.82, 2.24) is 0 Å². The number of nitrogens with one attached hydrogen (secondary N) is 1. The molecule has 0 atom stereocenters. The van der Waals surface area contributed by atoms with E-state index in [9.17, 15) is 15.0 Å². The molecule has 1 heterocycles. The zero-order valence-corrected chi connectivity index (χ0v) is 17.1. The van der Waals surface area contributed by atoms with Gasteiger partial charge in [-0.3, -0.25) is 15.1 Å². The highest BCUT2D eigenvalue weighted by molar-refractivity contribution is 6.55. The standard InChI is InChI=1S/C24H23N3O3/c1-14-4-6-19-21(11-14)27(18-9-15(2)8-16(3)10-18)24(30)23(19)26-25-20-7-5-17(13-28)12-22(20)29/h4-12,25,28-29H,13H2,1-3H3/b26-23-. The molecule has 6 nitrogen and oxygen atoms in total. The number of rotatable bonds is 4. The molecule has 0 aliphatic carbocycles. The van der Waals surface area contributed by atoms with Gasteiger partial charge in [0.25, 0.3) is 5.91 Å². The lowest BCUT2D eigenvalue weighted by Crippen LogP contribution is -2.26. The fourth-order valence-corrected chi connectivity index (χ4v) is 3.69. The number of aryl methyl sites for hydroxylation is 3. The van der Waals surface area contributed by atoms with Crippen molar-refractivity contribution in [1.29, 1.82) is 0 Å². The van der Waals surface area contributed by atoms with Crippen LogP contribution in [-0.2, 0) is 11.4 Å². The molecule has 0 bridgehead atoms. The Balaban J connectivity index is 1.77. The Labute approximate surface area is 175 Å². The number of hydrazone groups is 1. The van der Waals surface area contributed by atoms with Crippen LogP contribution in [0.15, 0.2) is 59.7 Å². The highest BCUT2D eigenvalue weighted by Gasteiger charge is 2.35. The van der Waals surface area contributed by atoms with Crippen LogP contribution in [0.4, 0.5) is 17.1 Å². The monoisotopic (exact) mass is 401 g/mol. The number of aliphatic hydroxyl groups is 1. The first kappa shape index (κ1) is 19.7. The number of nitrogens with zero attached hydrogens (tertiary/aromatic N) is 2. The molecule has 3 aromatic carbocycles. The fraction of sp³-hybridized carbons (Fsp3) is 0.167. The molecule has 0 radical (unpaired) electrons. The summed E-state index contributed by atoms with van der Waals surface area (Å²) in [6.45, 7) is 5.82. The molecule has 152 valence electrons. The highest BCUT2D eigenvalue weighted by Crippen LogP contribution is 2.37. The molecule has 3 aromatic rings. The summed E-state index contributed by atoms with van der Waals surface area (Å²) in [5.41, 5.74) is 9.50. The minimum atomic E-state index is -0.237. The summed E-state index contributed by atoms with van der Waals surface area (Å²) >= 11 is 0. The average Bonchev–Trinajstić information content (AvgIpc) is 2.96. The summed E-state index contributed by atoms with van der Waals surface area (Å²) in [5, 5.41) is 23.7. The van der Waals surface area contributed by atoms with E-state index in [1.54, 1.807) is 17.0 Å². The maximum absolute atomic E-state index is 13.4. The van der Waals surface area contributed by atoms with Crippen LogP contribution in [0, 0.1) is 20.8 Å². The Morgan fingerprint density at radius 1 is 0.933 bits per heavy atom. The molecule has 0 fully saturated rings. The maximum atomic E-state index is 13.4. The van der Waals surface area contributed by atoms with Crippen molar-refractivity contribution in [3.63, 3.8) is 0 Å². The molecule has 0 unspecified atom stereocenters. The van der Waals surface area contributed by atoms with E-state index in [1.807, 2.05) is 51.1 Å². The van der Waals surface area contributed by atoms with E-state index in [0.29, 0.717) is 11.3 Å². The molecular weight excluding hydrogens is 378 g/mol. The van der Waals surface area contributed by atoms with E-state index in [-0.39, 0.29) is 24.0 Å². The van der Waals surface area contributed by atoms with Crippen LogP contribution < -0.4 is 10.3 Å². The second-order valence-corrected chi connectivity index (χ2v) is 7.59. The molecule has 0 saturated carbocycles. The first-order valence-corrected chi connectivity index (χ1v) is 9.67. The molecule has 0 saturated heterocycles. The molecule has 4 rings (SSSR count). The number of aromatic hydroxyl groups is 1. The van der Waals surface area contributed by atoms with Crippen molar-refractivity contribution in [2.45, 2.75) is 27.4 Å². The van der Waals surface area contributed by atoms with Gasteiger partial charge in [0.2, 0.25) is 0 Å². The number of phenols is 1. The van der Waals surface area contributed by atoms with Crippen molar-refractivity contribution >= 4 is 28.7 Å². The van der Waals surface area contributed by atoms with Crippen LogP contribution in [0.25, 0.3) is 0 Å². The first-order valence-electron chi connectivity index (χ1n) is 9.67. The summed E-state index contributed by atoms with van der Waals surface area (Å²) in [4.78, 5) is 15.0. The predicted octanol–water partition coefficient (Wildman–Crippen LogP) is 4.30. The topological polar surface area (TPSA) is 85.2 Å². The summed E-state index contributed by atoms with van der Waals surface area (Å²) < 4.78 is 0. The summed E-state index contributed by atoms with van der Waals surface area (Å²) in [6.07, 6.45) is 0. The third-order valence-corrected chi connectivity index (χ3v) is 5.05. The fourth-order valence-electron chi connectivity index (χ4n) is 3.69. The minimum Gasteiger partial charge on any atom is -0.506 e. The van der Waals surface area contributed by atoms with Crippen LogP contribution in [0.1, 0.15) is 27.8 Å². The second-order valence-electron chi connectivity index (χ2n) is 7.59. The summed E-state index contributed by atoms with van der Waals surface area (Å²) in [6, 6.07) is 16.6. The van der Waals surface area contributed by atoms with Crippen molar-refractivity contribution < 1.29 is 15.0 Å². The van der Waals surface area contributed by atoms with Gasteiger partial charge in [-0.25, -0.2) is 0 Å². The number of hydrogen-bond donors (Lipinski definition) is 3. The molecule has 0 aromatic heterocycles. The van der Waals surface area contributed by atoms with Crippen LogP contribution in [-0.4, -0.2) is 21.8 Å². The Bertz CT molecular complexity index is 1160. The first-order chi connectivity index (χ1) is 14.4. The van der Waals surface area contributed by atoms with E-state index < -0.39 is 0 Å². The molecular formula is C24H23N3O3. The molecule has 1 aliphatic rings. The smallest absolute Gasteiger partial charge is 0.283 e. The predicted molar refractivity (Wildman–Crippen MR) is 118 cm³/mol. The van der Waals surface area contributed by atoms with Gasteiger partial charge in [-0.2, -0.15) is 5.10 Å². The summed E-state index contributed by atoms with van der Waals surface area (Å²) in [5.74, 6) is -0.286. The number of carbonyl (C=O) groups is 1. The van der Waals surface area contributed by atoms with Crippen LogP contribution in [0.2, 0.25) is 0 Å².